The van der Waals surface area contributed by atoms with Crippen molar-refractivity contribution < 1.29 is 26.7 Å². The first-order valence-corrected chi connectivity index (χ1v) is 15.2. The number of halogens is 2. The minimum absolute atomic E-state index is 0.00286. The van der Waals surface area contributed by atoms with Gasteiger partial charge in [0.25, 0.3) is 10.0 Å². The Hall–Kier alpha value is -1.96. The number of carbonyl (C=O) groups is 1. The molecule has 0 aliphatic rings. The van der Waals surface area contributed by atoms with Crippen LogP contribution in [0.5, 0.6) is 0 Å². The van der Waals surface area contributed by atoms with Crippen LogP contribution in [-0.4, -0.2) is 39.0 Å². The summed E-state index contributed by atoms with van der Waals surface area (Å²) in [6.45, 7) is 17.9. The van der Waals surface area contributed by atoms with Gasteiger partial charge in [0, 0.05) is 0 Å². The monoisotopic (exact) mass is 515 g/mol. The van der Waals surface area contributed by atoms with Gasteiger partial charge in [-0.05, 0) is 61.6 Å². The highest BCUT2D eigenvalue weighted by atomic mass is 32.2. The molecule has 0 fully saturated rings. The molecule has 0 aliphatic heterocycles. The summed E-state index contributed by atoms with van der Waals surface area (Å²) in [5.74, 6) is 0. The molecule has 34 heavy (non-hydrogen) atoms. The predicted molar refractivity (Wildman–Crippen MR) is 135 cm³/mol. The van der Waals surface area contributed by atoms with Crippen molar-refractivity contribution in [1.29, 1.82) is 0 Å². The summed E-state index contributed by atoms with van der Waals surface area (Å²) in [6.07, 6.45) is -3.14. The maximum Gasteiger partial charge on any atom is 0.424 e. The van der Waals surface area contributed by atoms with Crippen molar-refractivity contribution in [3.63, 3.8) is 0 Å². The Labute approximate surface area is 204 Å². The normalized spacial score (nSPS) is 12.7. The van der Waals surface area contributed by atoms with Gasteiger partial charge in [-0.15, -0.1) is 0 Å². The summed E-state index contributed by atoms with van der Waals surface area (Å²) in [5, 5.41) is 0.189. The Morgan fingerprint density at radius 2 is 1.44 bits per heavy atom. The Bertz CT molecular complexity index is 1010. The Morgan fingerprint density at radius 3 is 1.79 bits per heavy atom. The second-order valence-corrected chi connectivity index (χ2v) is 18.4. The number of sulfonamides is 1. The van der Waals surface area contributed by atoms with E-state index in [1.54, 1.807) is 32.9 Å². The first-order chi connectivity index (χ1) is 15.4. The molecule has 5 nitrogen and oxygen atoms in total. The van der Waals surface area contributed by atoms with Gasteiger partial charge in [0.2, 0.25) is 0 Å². The number of hydrogen-bond acceptors (Lipinski definition) is 4. The molecule has 0 saturated heterocycles. The van der Waals surface area contributed by atoms with E-state index in [0.717, 1.165) is 5.56 Å². The van der Waals surface area contributed by atoms with Crippen molar-refractivity contribution in [3.05, 3.63) is 46.8 Å². The summed E-state index contributed by atoms with van der Waals surface area (Å²) >= 11 is 0. The third kappa shape index (κ3) is 6.80. The SMILES string of the molecule is Cc1ccc(S(=O)(=O)N(CC(=C=C(F)F)[Si](C(C)C)(C(C)C)C(C)C)C(=O)OC(C)(C)C)cc1. The molecule has 0 saturated carbocycles. The van der Waals surface area contributed by atoms with Gasteiger partial charge in [0.15, 0.2) is 0 Å². The second kappa shape index (κ2) is 11.2. The highest BCUT2D eigenvalue weighted by molar-refractivity contribution is 7.89. The smallest absolute Gasteiger partial charge is 0.424 e. The van der Waals surface area contributed by atoms with Gasteiger partial charge in [-0.1, -0.05) is 65.0 Å². The molecule has 0 aromatic heterocycles. The third-order valence-corrected chi connectivity index (χ3v) is 14.9. The van der Waals surface area contributed by atoms with Crippen molar-refractivity contribution in [2.45, 2.75) is 96.4 Å². The number of benzene rings is 1. The number of hydrogen-bond donors (Lipinski definition) is 0. The maximum atomic E-state index is 13.7. The zero-order valence-corrected chi connectivity index (χ0v) is 23.8. The van der Waals surface area contributed by atoms with E-state index in [9.17, 15) is 22.0 Å². The molecule has 0 radical (unpaired) electrons. The molecule has 192 valence electrons. The molecule has 0 aliphatic carbocycles. The van der Waals surface area contributed by atoms with Crippen LogP contribution in [0.1, 0.15) is 67.9 Å². The number of amides is 1. The summed E-state index contributed by atoms with van der Waals surface area (Å²) < 4.78 is 60.7. The van der Waals surface area contributed by atoms with Gasteiger partial charge in [-0.25, -0.2) is 13.2 Å². The van der Waals surface area contributed by atoms with Crippen LogP contribution in [0.25, 0.3) is 0 Å². The Kier molecular flexibility index (Phi) is 9.89. The van der Waals surface area contributed by atoms with Crippen molar-refractivity contribution in [2.24, 2.45) is 0 Å². The first-order valence-electron chi connectivity index (χ1n) is 11.5. The van der Waals surface area contributed by atoms with Crippen molar-refractivity contribution in [2.75, 3.05) is 6.54 Å². The van der Waals surface area contributed by atoms with Gasteiger partial charge in [0.1, 0.15) is 13.7 Å². The van der Waals surface area contributed by atoms with Crippen molar-refractivity contribution in [1.82, 2.24) is 4.31 Å². The van der Waals surface area contributed by atoms with Gasteiger partial charge in [-0.3, -0.25) is 0 Å². The lowest BCUT2D eigenvalue weighted by molar-refractivity contribution is 0.0402. The fourth-order valence-corrected chi connectivity index (χ4v) is 13.2. The summed E-state index contributed by atoms with van der Waals surface area (Å²) in [6, 6.07) is 6.03. The standard InChI is InChI=1S/C25H39F2NO4SSi/c1-17(2)34(18(3)4,19(5)6)22(15-23(26)27)16-28(24(29)32-25(8,9)10)33(30,31)21-13-11-20(7)12-14-21/h11-14,17-19H,16H2,1-10H3. The molecule has 1 amide bonds. The van der Waals surface area contributed by atoms with Crippen LogP contribution in [0.3, 0.4) is 0 Å². The molecule has 0 unspecified atom stereocenters. The highest BCUT2D eigenvalue weighted by Crippen LogP contribution is 2.47. The molecule has 1 rings (SSSR count). The van der Waals surface area contributed by atoms with E-state index in [-0.39, 0.29) is 26.7 Å². The maximum absolute atomic E-state index is 13.7. The number of carbonyl (C=O) groups excluding carboxylic acids is 1. The zero-order valence-electron chi connectivity index (χ0n) is 22.0. The number of ether oxygens (including phenoxy) is 1. The summed E-state index contributed by atoms with van der Waals surface area (Å²) in [4.78, 5) is 13.1. The summed E-state index contributed by atoms with van der Waals surface area (Å²) in [7, 11) is -7.18. The van der Waals surface area contributed by atoms with Crippen LogP contribution in [0.2, 0.25) is 16.6 Å². The lowest BCUT2D eigenvalue weighted by atomic mass is 10.2. The van der Waals surface area contributed by atoms with Crippen LogP contribution in [0.4, 0.5) is 13.6 Å². The van der Waals surface area contributed by atoms with Crippen LogP contribution in [0, 0.1) is 6.92 Å². The summed E-state index contributed by atoms with van der Waals surface area (Å²) in [5.41, 5.74) is 2.05. The molecular weight excluding hydrogens is 476 g/mol. The number of aryl methyl sites for hydroxylation is 1. The largest absolute Gasteiger partial charge is 0.443 e. The molecular formula is C25H39F2NO4SSi. The van der Waals surface area contributed by atoms with E-state index in [0.29, 0.717) is 4.31 Å². The second-order valence-electron chi connectivity index (χ2n) is 10.6. The van der Waals surface area contributed by atoms with E-state index >= 15 is 0 Å². The van der Waals surface area contributed by atoms with E-state index in [1.165, 1.54) is 12.1 Å². The van der Waals surface area contributed by atoms with Crippen LogP contribution in [0.15, 0.2) is 46.2 Å². The minimum Gasteiger partial charge on any atom is -0.443 e. The molecule has 1 aromatic rings. The lowest BCUT2D eigenvalue weighted by Gasteiger charge is -2.45. The van der Waals surface area contributed by atoms with E-state index in [4.69, 9.17) is 4.74 Å². The number of rotatable bonds is 8. The first kappa shape index (κ1) is 30.1. The van der Waals surface area contributed by atoms with Crippen molar-refractivity contribution in [3.8, 4) is 0 Å². The minimum atomic E-state index is -4.39. The van der Waals surface area contributed by atoms with Gasteiger partial charge in [0.05, 0.1) is 11.4 Å². The highest BCUT2D eigenvalue weighted by Gasteiger charge is 2.48. The average Bonchev–Trinajstić information content (AvgIpc) is 2.63. The predicted octanol–water partition coefficient (Wildman–Crippen LogP) is 7.44. The van der Waals surface area contributed by atoms with E-state index in [2.05, 4.69) is 5.73 Å². The Morgan fingerprint density at radius 1 is 1.00 bits per heavy atom. The molecule has 0 atom stereocenters. The van der Waals surface area contributed by atoms with Crippen molar-refractivity contribution >= 4 is 24.2 Å². The van der Waals surface area contributed by atoms with Crippen LogP contribution in [-0.2, 0) is 14.8 Å². The zero-order chi connectivity index (χ0) is 26.6. The molecule has 9 heteroatoms. The lowest BCUT2D eigenvalue weighted by Crippen LogP contribution is -2.51. The van der Waals surface area contributed by atoms with Crippen LogP contribution >= 0.6 is 0 Å². The van der Waals surface area contributed by atoms with Crippen LogP contribution < -0.4 is 0 Å². The van der Waals surface area contributed by atoms with E-state index in [1.807, 2.05) is 48.5 Å². The fraction of sp³-hybridized carbons (Fsp3) is 0.600. The molecule has 0 heterocycles. The molecule has 1 aromatic carbocycles. The molecule has 0 spiro atoms. The third-order valence-electron chi connectivity index (χ3n) is 6.14. The van der Waals surface area contributed by atoms with Gasteiger partial charge < -0.3 is 4.74 Å². The Balaban J connectivity index is 3.88. The number of nitrogens with zero attached hydrogens (tertiary/aromatic N) is 1. The quantitative estimate of drug-likeness (QED) is 0.266. The topological polar surface area (TPSA) is 63.7 Å². The fourth-order valence-electron chi connectivity index (χ4n) is 4.99. The average molecular weight is 516 g/mol. The van der Waals surface area contributed by atoms with Gasteiger partial charge >= 0.3 is 12.2 Å². The van der Waals surface area contributed by atoms with Gasteiger partial charge in [-0.2, -0.15) is 13.1 Å². The molecule has 0 N–H and O–H groups in total. The molecule has 0 bridgehead atoms. The van der Waals surface area contributed by atoms with E-state index < -0.39 is 42.4 Å².